The molecule has 0 fully saturated rings. The highest BCUT2D eigenvalue weighted by Crippen LogP contribution is 2.26. The summed E-state index contributed by atoms with van der Waals surface area (Å²) in [5, 5.41) is 3.41. The molecule has 0 heterocycles. The van der Waals surface area contributed by atoms with Gasteiger partial charge < -0.3 is 15.0 Å². The predicted octanol–water partition coefficient (Wildman–Crippen LogP) is 3.42. The van der Waals surface area contributed by atoms with Crippen molar-refractivity contribution in [3.63, 3.8) is 0 Å². The van der Waals surface area contributed by atoms with Gasteiger partial charge in [0.05, 0.1) is 6.61 Å². The summed E-state index contributed by atoms with van der Waals surface area (Å²) in [5.74, 6) is 0. The Balaban J connectivity index is 2.84. The van der Waals surface area contributed by atoms with Gasteiger partial charge in [-0.3, -0.25) is 0 Å². The standard InChI is InChI=1S/C15H25BrN2O/c1-5-18(12(2)3)15-10-14(16)7-6-13(15)11-17-8-9-19-4/h6-7,10,12,17H,5,8-9,11H2,1-4H3. The normalized spacial score (nSPS) is 11.1. The lowest BCUT2D eigenvalue weighted by atomic mass is 10.1. The van der Waals surface area contributed by atoms with Crippen LogP contribution in [0, 0.1) is 0 Å². The summed E-state index contributed by atoms with van der Waals surface area (Å²) >= 11 is 3.57. The summed E-state index contributed by atoms with van der Waals surface area (Å²) in [6.07, 6.45) is 0. The molecule has 0 saturated carbocycles. The number of methoxy groups -OCH3 is 1. The van der Waals surface area contributed by atoms with Crippen molar-refractivity contribution in [2.45, 2.75) is 33.4 Å². The van der Waals surface area contributed by atoms with Gasteiger partial charge in [0, 0.05) is 42.9 Å². The Kier molecular flexibility index (Phi) is 7.42. The van der Waals surface area contributed by atoms with E-state index in [9.17, 15) is 0 Å². The first kappa shape index (κ1) is 16.5. The summed E-state index contributed by atoms with van der Waals surface area (Å²) in [5.41, 5.74) is 2.63. The van der Waals surface area contributed by atoms with Crippen molar-refractivity contribution in [3.05, 3.63) is 28.2 Å². The van der Waals surface area contributed by atoms with Crippen molar-refractivity contribution in [1.29, 1.82) is 0 Å². The van der Waals surface area contributed by atoms with Crippen LogP contribution in [0.5, 0.6) is 0 Å². The number of nitrogens with zero attached hydrogens (tertiary/aromatic N) is 1. The van der Waals surface area contributed by atoms with Gasteiger partial charge in [0.2, 0.25) is 0 Å². The third-order valence-electron chi connectivity index (χ3n) is 3.12. The zero-order valence-corrected chi connectivity index (χ0v) is 14.0. The van der Waals surface area contributed by atoms with Gasteiger partial charge in [0.25, 0.3) is 0 Å². The number of hydrogen-bond donors (Lipinski definition) is 1. The van der Waals surface area contributed by atoms with Gasteiger partial charge >= 0.3 is 0 Å². The molecule has 0 saturated heterocycles. The van der Waals surface area contributed by atoms with Gasteiger partial charge in [-0.2, -0.15) is 0 Å². The lowest BCUT2D eigenvalue weighted by molar-refractivity contribution is 0.199. The smallest absolute Gasteiger partial charge is 0.0587 e. The Hall–Kier alpha value is -0.580. The van der Waals surface area contributed by atoms with E-state index in [1.165, 1.54) is 11.3 Å². The molecular weight excluding hydrogens is 304 g/mol. The van der Waals surface area contributed by atoms with Gasteiger partial charge in [-0.05, 0) is 38.5 Å². The average molecular weight is 329 g/mol. The molecule has 4 heteroatoms. The minimum atomic E-state index is 0.497. The molecular formula is C15H25BrN2O. The van der Waals surface area contributed by atoms with Crippen LogP contribution in [-0.2, 0) is 11.3 Å². The minimum Gasteiger partial charge on any atom is -0.383 e. The molecule has 1 aromatic rings. The fourth-order valence-corrected chi connectivity index (χ4v) is 2.51. The van der Waals surface area contributed by atoms with Crippen LogP contribution in [0.4, 0.5) is 5.69 Å². The maximum atomic E-state index is 5.06. The Bertz CT molecular complexity index is 382. The molecule has 19 heavy (non-hydrogen) atoms. The van der Waals surface area contributed by atoms with Crippen molar-refractivity contribution in [2.24, 2.45) is 0 Å². The van der Waals surface area contributed by atoms with Gasteiger partial charge in [0.15, 0.2) is 0 Å². The largest absolute Gasteiger partial charge is 0.383 e. The number of ether oxygens (including phenoxy) is 1. The Labute approximate surface area is 125 Å². The molecule has 0 spiro atoms. The molecule has 0 aromatic heterocycles. The third kappa shape index (κ3) is 5.13. The summed E-state index contributed by atoms with van der Waals surface area (Å²) in [6, 6.07) is 6.99. The topological polar surface area (TPSA) is 24.5 Å². The van der Waals surface area contributed by atoms with E-state index in [4.69, 9.17) is 4.74 Å². The number of anilines is 1. The molecule has 1 rings (SSSR count). The summed E-state index contributed by atoms with van der Waals surface area (Å²) in [7, 11) is 1.73. The molecule has 0 aliphatic rings. The molecule has 3 nitrogen and oxygen atoms in total. The number of hydrogen-bond acceptors (Lipinski definition) is 3. The number of halogens is 1. The van der Waals surface area contributed by atoms with E-state index in [2.05, 4.69) is 65.1 Å². The Morgan fingerprint density at radius 2 is 2.11 bits per heavy atom. The van der Waals surface area contributed by atoms with E-state index >= 15 is 0 Å². The lowest BCUT2D eigenvalue weighted by Gasteiger charge is -2.30. The second-order valence-electron chi connectivity index (χ2n) is 4.82. The first-order valence-electron chi connectivity index (χ1n) is 6.84. The minimum absolute atomic E-state index is 0.497. The van der Waals surface area contributed by atoms with Crippen LogP contribution >= 0.6 is 15.9 Å². The zero-order valence-electron chi connectivity index (χ0n) is 12.4. The molecule has 1 N–H and O–H groups in total. The first-order chi connectivity index (χ1) is 9.10. The van der Waals surface area contributed by atoms with Gasteiger partial charge in [-0.15, -0.1) is 0 Å². The first-order valence-corrected chi connectivity index (χ1v) is 7.64. The molecule has 0 aliphatic heterocycles. The molecule has 0 aliphatic carbocycles. The van der Waals surface area contributed by atoms with Gasteiger partial charge in [-0.1, -0.05) is 22.0 Å². The van der Waals surface area contributed by atoms with E-state index in [0.717, 1.165) is 30.7 Å². The predicted molar refractivity (Wildman–Crippen MR) is 85.9 cm³/mol. The second-order valence-corrected chi connectivity index (χ2v) is 5.74. The summed E-state index contributed by atoms with van der Waals surface area (Å²) in [4.78, 5) is 2.41. The van der Waals surface area contributed by atoms with Crippen LogP contribution in [0.15, 0.2) is 22.7 Å². The van der Waals surface area contributed by atoms with Crippen molar-refractivity contribution < 1.29 is 4.74 Å². The van der Waals surface area contributed by atoms with E-state index < -0.39 is 0 Å². The SMILES string of the molecule is CCN(c1cc(Br)ccc1CNCCOC)C(C)C. The zero-order chi connectivity index (χ0) is 14.3. The van der Waals surface area contributed by atoms with Crippen molar-refractivity contribution >= 4 is 21.6 Å². The monoisotopic (exact) mass is 328 g/mol. The van der Waals surface area contributed by atoms with E-state index in [1.54, 1.807) is 7.11 Å². The molecule has 1 aromatic carbocycles. The van der Waals surface area contributed by atoms with Crippen LogP contribution in [0.25, 0.3) is 0 Å². The molecule has 0 atom stereocenters. The van der Waals surface area contributed by atoms with Crippen LogP contribution in [-0.4, -0.2) is 32.8 Å². The van der Waals surface area contributed by atoms with Crippen molar-refractivity contribution in [3.8, 4) is 0 Å². The van der Waals surface area contributed by atoms with E-state index in [-0.39, 0.29) is 0 Å². The van der Waals surface area contributed by atoms with Crippen molar-refractivity contribution in [2.75, 3.05) is 31.7 Å². The number of nitrogens with one attached hydrogen (secondary N) is 1. The van der Waals surface area contributed by atoms with Gasteiger partial charge in [0.1, 0.15) is 0 Å². The number of benzene rings is 1. The molecule has 0 bridgehead atoms. The second kappa shape index (κ2) is 8.56. The molecule has 0 amide bonds. The Morgan fingerprint density at radius 1 is 1.37 bits per heavy atom. The van der Waals surface area contributed by atoms with Crippen LogP contribution in [0.3, 0.4) is 0 Å². The molecule has 0 unspecified atom stereocenters. The Morgan fingerprint density at radius 3 is 2.68 bits per heavy atom. The highest BCUT2D eigenvalue weighted by atomic mass is 79.9. The fraction of sp³-hybridized carbons (Fsp3) is 0.600. The van der Waals surface area contributed by atoms with E-state index in [0.29, 0.717) is 6.04 Å². The maximum Gasteiger partial charge on any atom is 0.0587 e. The van der Waals surface area contributed by atoms with Crippen molar-refractivity contribution in [1.82, 2.24) is 5.32 Å². The van der Waals surface area contributed by atoms with Crippen LogP contribution in [0.1, 0.15) is 26.3 Å². The summed E-state index contributed by atoms with van der Waals surface area (Å²) < 4.78 is 6.18. The molecule has 108 valence electrons. The summed E-state index contributed by atoms with van der Waals surface area (Å²) in [6.45, 7) is 10.2. The third-order valence-corrected chi connectivity index (χ3v) is 3.61. The maximum absolute atomic E-state index is 5.06. The van der Waals surface area contributed by atoms with Crippen LogP contribution in [0.2, 0.25) is 0 Å². The highest BCUT2D eigenvalue weighted by Gasteiger charge is 2.13. The fourth-order valence-electron chi connectivity index (χ4n) is 2.16. The number of rotatable bonds is 8. The van der Waals surface area contributed by atoms with E-state index in [1.807, 2.05) is 0 Å². The quantitative estimate of drug-likeness (QED) is 0.740. The van der Waals surface area contributed by atoms with Gasteiger partial charge in [-0.25, -0.2) is 0 Å². The van der Waals surface area contributed by atoms with Crippen LogP contribution < -0.4 is 10.2 Å². The lowest BCUT2D eigenvalue weighted by Crippen LogP contribution is -2.32. The highest BCUT2D eigenvalue weighted by molar-refractivity contribution is 9.10. The average Bonchev–Trinajstić information content (AvgIpc) is 2.37. The molecule has 0 radical (unpaired) electrons.